The summed E-state index contributed by atoms with van der Waals surface area (Å²) in [5, 5.41) is 8.44. The van der Waals surface area contributed by atoms with Crippen molar-refractivity contribution in [2.24, 2.45) is 40.7 Å². The number of hydrogen-bond acceptors (Lipinski definition) is 10. The van der Waals surface area contributed by atoms with Crippen LogP contribution in [0.5, 0.6) is 0 Å². The molecule has 3 saturated carbocycles. The van der Waals surface area contributed by atoms with Crippen LogP contribution < -0.4 is 21.7 Å². The Hall–Kier alpha value is -4.40. The van der Waals surface area contributed by atoms with Crippen molar-refractivity contribution in [2.75, 3.05) is 13.1 Å². The van der Waals surface area contributed by atoms with Gasteiger partial charge in [0.25, 0.3) is 0 Å². The summed E-state index contributed by atoms with van der Waals surface area (Å²) >= 11 is 0. The highest BCUT2D eigenvalue weighted by Crippen LogP contribution is 2.66. The topological polar surface area (TPSA) is 192 Å². The Kier molecular flexibility index (Phi) is 18.8. The number of nitrogens with one attached hydrogen (secondary N) is 3. The molecule has 374 valence electrons. The number of nitrogens with two attached hydrogens (primary N) is 1. The molecule has 3 aliphatic carbocycles. The second kappa shape index (κ2) is 23.5. The van der Waals surface area contributed by atoms with Crippen molar-refractivity contribution in [1.29, 1.82) is 0 Å². The van der Waals surface area contributed by atoms with Crippen LogP contribution in [-0.2, 0) is 39.6 Å². The van der Waals surface area contributed by atoms with E-state index in [0.29, 0.717) is 23.8 Å². The number of amides is 3. The van der Waals surface area contributed by atoms with E-state index in [-0.39, 0.29) is 80.0 Å². The maximum absolute atomic E-state index is 14.1. The molecule has 1 heterocycles. The number of ketones is 3. The fourth-order valence-corrected chi connectivity index (χ4v) is 10.5. The van der Waals surface area contributed by atoms with E-state index in [0.717, 1.165) is 43.2 Å². The lowest BCUT2D eigenvalue weighted by atomic mass is 9.43. The summed E-state index contributed by atoms with van der Waals surface area (Å²) < 4.78 is 18.5. The van der Waals surface area contributed by atoms with Gasteiger partial charge in [-0.25, -0.2) is 4.79 Å². The van der Waals surface area contributed by atoms with Crippen LogP contribution in [0.25, 0.3) is 11.1 Å². The molecule has 14 heteroatoms. The lowest BCUT2D eigenvalue weighted by Gasteiger charge is -2.64. The molecule has 0 radical (unpaired) electrons. The summed E-state index contributed by atoms with van der Waals surface area (Å²) in [7, 11) is -0.522. The van der Waals surface area contributed by atoms with Crippen molar-refractivity contribution >= 4 is 42.4 Å². The van der Waals surface area contributed by atoms with Gasteiger partial charge < -0.3 is 35.7 Å². The lowest BCUT2D eigenvalue weighted by molar-refractivity contribution is -0.199. The van der Waals surface area contributed by atoms with Crippen LogP contribution in [0.15, 0.2) is 48.5 Å². The first-order valence-electron chi connectivity index (χ1n) is 25.3. The summed E-state index contributed by atoms with van der Waals surface area (Å²) in [5.41, 5.74) is 8.74. The second-order valence-electron chi connectivity index (χ2n) is 22.3. The van der Waals surface area contributed by atoms with Crippen molar-refractivity contribution in [1.82, 2.24) is 16.0 Å². The minimum Gasteiger partial charge on any atom is -0.444 e. The summed E-state index contributed by atoms with van der Waals surface area (Å²) in [6.07, 6.45) is 5.06. The first kappa shape index (κ1) is 54.5. The third kappa shape index (κ3) is 14.1. The maximum Gasteiger partial charge on any atom is 0.461 e. The summed E-state index contributed by atoms with van der Waals surface area (Å²) in [6, 6.07) is 13.8. The number of Topliss-reactive ketones (excluding diaryl/α,β-unsaturated/α-hetero) is 3. The number of aryl methyl sites for hydroxylation is 1. The van der Waals surface area contributed by atoms with Crippen LogP contribution in [0.4, 0.5) is 4.79 Å². The largest absolute Gasteiger partial charge is 0.461 e. The van der Waals surface area contributed by atoms with Crippen LogP contribution in [0, 0.1) is 35.0 Å². The maximum atomic E-state index is 14.1. The van der Waals surface area contributed by atoms with Gasteiger partial charge in [0.05, 0.1) is 23.8 Å². The predicted octanol–water partition coefficient (Wildman–Crippen LogP) is 8.84. The number of benzene rings is 2. The van der Waals surface area contributed by atoms with Gasteiger partial charge in [-0.1, -0.05) is 103 Å². The molecule has 13 nitrogen and oxygen atoms in total. The number of carbonyl (C=O) groups excluding carboxylic acids is 6. The van der Waals surface area contributed by atoms with E-state index in [1.807, 2.05) is 32.9 Å². The van der Waals surface area contributed by atoms with E-state index in [2.05, 4.69) is 67.9 Å². The molecule has 5 N–H and O–H groups in total. The third-order valence-corrected chi connectivity index (χ3v) is 14.8. The molecule has 68 heavy (non-hydrogen) atoms. The molecule has 9 atom stereocenters. The normalized spacial score (nSPS) is 22.7. The van der Waals surface area contributed by atoms with Crippen LogP contribution >= 0.6 is 0 Å². The molecule has 0 spiro atoms. The number of hydrogen-bond donors (Lipinski definition) is 4. The van der Waals surface area contributed by atoms with Gasteiger partial charge in [-0.05, 0) is 125 Å². The first-order chi connectivity index (χ1) is 31.9. The van der Waals surface area contributed by atoms with Crippen LogP contribution in [-0.4, -0.2) is 84.9 Å². The predicted molar refractivity (Wildman–Crippen MR) is 267 cm³/mol. The Morgan fingerprint density at radius 2 is 1.44 bits per heavy atom. The smallest absolute Gasteiger partial charge is 0.444 e. The number of alkyl carbamates (subject to hydrolysis) is 1. The molecule has 2 aromatic carbocycles. The Morgan fingerprint density at radius 1 is 0.824 bits per heavy atom. The highest BCUT2D eigenvalue weighted by molar-refractivity contribution is 6.47. The van der Waals surface area contributed by atoms with Gasteiger partial charge in [0, 0.05) is 43.2 Å². The van der Waals surface area contributed by atoms with E-state index in [1.54, 1.807) is 39.8 Å². The molecule has 2 bridgehead atoms. The van der Waals surface area contributed by atoms with E-state index in [1.165, 1.54) is 5.56 Å². The van der Waals surface area contributed by atoms with E-state index in [9.17, 15) is 28.8 Å². The Bertz CT molecular complexity index is 2070. The van der Waals surface area contributed by atoms with Gasteiger partial charge in [0.1, 0.15) is 5.60 Å². The zero-order chi connectivity index (χ0) is 50.1. The van der Waals surface area contributed by atoms with Crippen LogP contribution in [0.3, 0.4) is 0 Å². The van der Waals surface area contributed by atoms with Gasteiger partial charge in [-0.15, -0.1) is 0 Å². The quantitative estimate of drug-likeness (QED) is 0.0552. The van der Waals surface area contributed by atoms with Crippen molar-refractivity contribution < 1.29 is 42.8 Å². The molecule has 4 aliphatic rings. The first-order valence-corrected chi connectivity index (χ1v) is 25.3. The fraction of sp³-hybridized carbons (Fsp3) is 0.667. The average Bonchev–Trinajstić information content (AvgIpc) is 3.64. The minimum absolute atomic E-state index is 0.00104. The number of rotatable bonds is 25. The summed E-state index contributed by atoms with van der Waals surface area (Å²) in [4.78, 5) is 82.0. The zero-order valence-electron chi connectivity index (χ0n) is 42.8. The van der Waals surface area contributed by atoms with E-state index < -0.39 is 65.9 Å². The molecule has 0 aromatic heterocycles. The zero-order valence-corrected chi connectivity index (χ0v) is 42.8. The van der Waals surface area contributed by atoms with Gasteiger partial charge in [0.2, 0.25) is 11.8 Å². The van der Waals surface area contributed by atoms with E-state index in [4.69, 9.17) is 19.8 Å². The van der Waals surface area contributed by atoms with Crippen LogP contribution in [0.1, 0.15) is 156 Å². The van der Waals surface area contributed by atoms with Gasteiger partial charge in [-0.3, -0.25) is 24.0 Å². The fourth-order valence-electron chi connectivity index (χ4n) is 10.5. The highest BCUT2D eigenvalue weighted by Gasteiger charge is 2.68. The molecule has 1 unspecified atom stereocenters. The number of carbonyl (C=O) groups is 6. The minimum atomic E-state index is -1.11. The molecule has 6 rings (SSSR count). The Morgan fingerprint density at radius 3 is 2.03 bits per heavy atom. The van der Waals surface area contributed by atoms with Gasteiger partial charge >= 0.3 is 13.2 Å². The SMILES string of the molecule is CCCCc1ccc(-c2ccc(C(=O)C[C@@H](CCN)C(=O)N[C@@H](CCNC(=O)OC(C)(C)C)C(=O)C[C@@H](C)C(=O)N[C@@H](CC(C)C)C(=O)C[C@@H](C)B3OC4C[C@@H]5C[C@@H](C5(C)C)[C@]4(C)O3)cc2)cc1. The van der Waals surface area contributed by atoms with Crippen molar-refractivity contribution in [3.63, 3.8) is 0 Å². The van der Waals surface area contributed by atoms with Crippen molar-refractivity contribution in [3.05, 3.63) is 59.7 Å². The summed E-state index contributed by atoms with van der Waals surface area (Å²) in [5.74, 6) is -2.64. The molecular formula is C54H81BN4O9. The highest BCUT2D eigenvalue weighted by atomic mass is 16.7. The molecule has 4 fully saturated rings. The average molecular weight is 941 g/mol. The Balaban J connectivity index is 1.21. The monoisotopic (exact) mass is 941 g/mol. The Labute approximate surface area is 406 Å². The standard InChI is InChI=1S/C54H81BN4O9/c1-12-13-14-36-15-17-37(18-16-36)38-19-21-39(22-20-38)44(60)30-40(23-25-56)50(64)58-42(24-26-57-51(65)66-52(6,7)8)45(61)28-34(4)49(63)59-43(27-33(2)3)46(62)29-35(5)55-67-48-32-41-31-47(53(41,9)10)54(48,11)68-55/h15-22,33-35,40-43,47-48H,12-14,23-32,56H2,1-11H3,(H,57,65)(H,58,64)(H,59,63)/t34-,35-,40-,41+,42+,43+,47+,48?,54+/m1/s1. The molecule has 3 amide bonds. The van der Waals surface area contributed by atoms with Crippen molar-refractivity contribution in [3.8, 4) is 11.1 Å². The molecule has 1 aliphatic heterocycles. The van der Waals surface area contributed by atoms with Crippen molar-refractivity contribution in [2.45, 2.75) is 182 Å². The summed E-state index contributed by atoms with van der Waals surface area (Å²) in [6.45, 7) is 21.8. The molecule has 1 saturated heterocycles. The van der Waals surface area contributed by atoms with E-state index >= 15 is 0 Å². The molecule has 2 aromatic rings. The lowest BCUT2D eigenvalue weighted by Crippen LogP contribution is -2.65. The number of unbranched alkanes of at least 4 members (excludes halogenated alkanes) is 1. The number of ether oxygens (including phenoxy) is 1. The third-order valence-electron chi connectivity index (χ3n) is 14.8. The van der Waals surface area contributed by atoms with Gasteiger partial charge in [0.15, 0.2) is 17.3 Å². The molecular weight excluding hydrogens is 859 g/mol. The second-order valence-corrected chi connectivity index (χ2v) is 22.3. The van der Waals surface area contributed by atoms with Gasteiger partial charge in [-0.2, -0.15) is 0 Å². The van der Waals surface area contributed by atoms with Crippen LogP contribution in [0.2, 0.25) is 5.82 Å².